The van der Waals surface area contributed by atoms with E-state index in [4.69, 9.17) is 4.74 Å². The van der Waals surface area contributed by atoms with Crippen LogP contribution in [0.1, 0.15) is 0 Å². The minimum Gasteiger partial charge on any atom is -0.435 e. The van der Waals surface area contributed by atoms with Gasteiger partial charge in [0.1, 0.15) is 0 Å². The highest BCUT2D eigenvalue weighted by atomic mass is 19.5. The molecule has 0 aromatic rings. The second kappa shape index (κ2) is 6.50. The highest BCUT2D eigenvalue weighted by molar-refractivity contribution is 6.50. The van der Waals surface area contributed by atoms with E-state index in [-0.39, 0.29) is 0 Å². The molecule has 0 fully saturated rings. The van der Waals surface area contributed by atoms with Crippen molar-refractivity contribution in [1.29, 1.82) is 0 Å². The van der Waals surface area contributed by atoms with Crippen LogP contribution in [0.15, 0.2) is 0 Å². The quantitative estimate of drug-likeness (QED) is 0.199. The van der Waals surface area contributed by atoms with Crippen molar-refractivity contribution in [1.82, 2.24) is 4.90 Å². The van der Waals surface area contributed by atoms with Crippen LogP contribution in [-0.2, 0) is 4.74 Å². The van der Waals surface area contributed by atoms with Crippen LogP contribution in [0.3, 0.4) is 0 Å². The number of ether oxygens (including phenoxy) is 1. The van der Waals surface area contributed by atoms with Gasteiger partial charge in [0.25, 0.3) is 0 Å². The monoisotopic (exact) mass is 218 g/mol. The predicted molar refractivity (Wildman–Crippen MR) is 48.0 cm³/mol. The Balaban J connectivity index is 0. The first kappa shape index (κ1) is 15.5. The predicted octanol–water partition coefficient (Wildman–Crippen LogP) is 1.12. The Labute approximate surface area is 81.1 Å². The van der Waals surface area contributed by atoms with E-state index in [1.807, 2.05) is 37.7 Å². The zero-order chi connectivity index (χ0) is 11.9. The van der Waals surface area contributed by atoms with Crippen LogP contribution in [0.25, 0.3) is 0 Å². The summed E-state index contributed by atoms with van der Waals surface area (Å²) in [6.45, 7) is 0. The van der Waals surface area contributed by atoms with Crippen molar-refractivity contribution in [2.45, 2.75) is 0 Å². The first-order chi connectivity index (χ1) is 6.09. The summed E-state index contributed by atoms with van der Waals surface area (Å²) in [4.78, 5) is 1.92. The Kier molecular flexibility index (Phi) is 7.21. The lowest BCUT2D eigenvalue weighted by atomic mass is 10.3. The van der Waals surface area contributed by atoms with Gasteiger partial charge in [-0.05, 0) is 0 Å². The van der Waals surface area contributed by atoms with Crippen molar-refractivity contribution in [3.8, 4) is 0 Å². The highest BCUT2D eigenvalue weighted by Crippen LogP contribution is 2.06. The van der Waals surface area contributed by atoms with Gasteiger partial charge in [-0.2, -0.15) is 0 Å². The molecule has 0 atom stereocenters. The number of amidine groups is 1. The largest absolute Gasteiger partial charge is 0.673 e. The molecule has 14 heavy (non-hydrogen) atoms. The van der Waals surface area contributed by atoms with E-state index in [1.54, 1.807) is 7.11 Å². The van der Waals surface area contributed by atoms with Gasteiger partial charge in [0.15, 0.2) is 0 Å². The summed E-state index contributed by atoms with van der Waals surface area (Å²) >= 11 is 0. The van der Waals surface area contributed by atoms with Gasteiger partial charge in [0.05, 0.1) is 35.3 Å². The van der Waals surface area contributed by atoms with E-state index in [0.717, 1.165) is 6.02 Å². The molecule has 0 N–H and O–H groups in total. The summed E-state index contributed by atoms with van der Waals surface area (Å²) < 4.78 is 46.0. The molecule has 0 amide bonds. The van der Waals surface area contributed by atoms with Crippen molar-refractivity contribution < 1.29 is 26.6 Å². The van der Waals surface area contributed by atoms with Crippen molar-refractivity contribution in [2.75, 3.05) is 35.3 Å². The first-order valence-electron chi connectivity index (χ1n) is 3.72. The Morgan fingerprint density at radius 2 is 1.43 bits per heavy atom. The minimum atomic E-state index is -6.00. The molecule has 3 nitrogen and oxygen atoms in total. The zero-order valence-electron chi connectivity index (χ0n) is 8.89. The standard InChI is InChI=1S/C6H15N2O.BF4/c1-7(2)6(9-5)8(3)4;2-1(3,4)5/h1-5H3;/q+1;-1. The number of hydrogen-bond acceptors (Lipinski definition) is 1. The lowest BCUT2D eigenvalue weighted by Crippen LogP contribution is -2.30. The zero-order valence-corrected chi connectivity index (χ0v) is 8.89. The lowest BCUT2D eigenvalue weighted by molar-refractivity contribution is -0.480. The molecule has 0 spiro atoms. The average molecular weight is 218 g/mol. The SMILES string of the molecule is COC(N(C)C)=[N+](C)C.F[B-](F)(F)F. The molecule has 0 saturated carbocycles. The molecule has 8 heteroatoms. The Bertz CT molecular complexity index is 183. The highest BCUT2D eigenvalue weighted by Gasteiger charge is 2.20. The molecule has 0 saturated heterocycles. The maximum atomic E-state index is 9.75. The summed E-state index contributed by atoms with van der Waals surface area (Å²) in [6, 6.07) is 0.856. The van der Waals surface area contributed by atoms with Crippen molar-refractivity contribution in [3.05, 3.63) is 0 Å². The van der Waals surface area contributed by atoms with Gasteiger partial charge in [0, 0.05) is 0 Å². The van der Waals surface area contributed by atoms with Crippen LogP contribution in [0.4, 0.5) is 17.3 Å². The summed E-state index contributed by atoms with van der Waals surface area (Å²) in [5.41, 5.74) is 0. The summed E-state index contributed by atoms with van der Waals surface area (Å²) in [7, 11) is 3.44. The van der Waals surface area contributed by atoms with E-state index in [1.165, 1.54) is 0 Å². The van der Waals surface area contributed by atoms with E-state index in [2.05, 4.69) is 0 Å². The van der Waals surface area contributed by atoms with Crippen LogP contribution in [-0.4, -0.2) is 58.1 Å². The van der Waals surface area contributed by atoms with Gasteiger partial charge < -0.3 is 22.0 Å². The number of rotatable bonds is 0. The van der Waals surface area contributed by atoms with Crippen LogP contribution in [0.5, 0.6) is 0 Å². The van der Waals surface area contributed by atoms with E-state index in [9.17, 15) is 17.3 Å². The topological polar surface area (TPSA) is 15.5 Å². The van der Waals surface area contributed by atoms with Crippen LogP contribution < -0.4 is 0 Å². The molecule has 0 aliphatic heterocycles. The summed E-state index contributed by atoms with van der Waals surface area (Å²) in [5, 5.41) is 0. The fourth-order valence-corrected chi connectivity index (χ4v) is 0.765. The van der Waals surface area contributed by atoms with Gasteiger partial charge in [-0.3, -0.25) is 0 Å². The maximum Gasteiger partial charge on any atom is 0.673 e. The molecule has 0 unspecified atom stereocenters. The van der Waals surface area contributed by atoms with E-state index < -0.39 is 7.25 Å². The molecule has 0 aliphatic carbocycles. The van der Waals surface area contributed by atoms with E-state index >= 15 is 0 Å². The second-order valence-electron chi connectivity index (χ2n) is 2.77. The minimum absolute atomic E-state index is 0.856. The van der Waals surface area contributed by atoms with Crippen molar-refractivity contribution in [2.24, 2.45) is 0 Å². The van der Waals surface area contributed by atoms with Gasteiger partial charge in [0.2, 0.25) is 0 Å². The molecule has 0 radical (unpaired) electrons. The third-order valence-electron chi connectivity index (χ3n) is 0.948. The van der Waals surface area contributed by atoms with E-state index in [0.29, 0.717) is 0 Å². The van der Waals surface area contributed by atoms with Crippen molar-refractivity contribution >= 4 is 13.3 Å². The van der Waals surface area contributed by atoms with Crippen LogP contribution in [0.2, 0.25) is 0 Å². The summed E-state index contributed by atoms with van der Waals surface area (Å²) in [6.07, 6.45) is 0. The molecule has 0 bridgehead atoms. The number of methoxy groups -OCH3 is 1. The second-order valence-corrected chi connectivity index (χ2v) is 2.77. The first-order valence-corrected chi connectivity index (χ1v) is 3.72. The number of hydrogen-bond donors (Lipinski definition) is 0. The van der Waals surface area contributed by atoms with Gasteiger partial charge in [-0.25, -0.2) is 9.48 Å². The number of halogens is 4. The molecular weight excluding hydrogens is 203 g/mol. The Morgan fingerprint density at radius 3 is 1.43 bits per heavy atom. The third kappa shape index (κ3) is 13.6. The molecule has 0 aromatic carbocycles. The fourth-order valence-electron chi connectivity index (χ4n) is 0.765. The maximum absolute atomic E-state index is 9.75. The molecule has 0 heterocycles. The normalized spacial score (nSPS) is 9.79. The smallest absolute Gasteiger partial charge is 0.435 e. The molecule has 0 aromatic heterocycles. The van der Waals surface area contributed by atoms with Gasteiger partial charge in [-0.1, -0.05) is 0 Å². The molecule has 0 aliphatic rings. The molecular formula is C6H15BF4N2O. The van der Waals surface area contributed by atoms with Crippen LogP contribution in [0, 0.1) is 0 Å². The lowest BCUT2D eigenvalue weighted by Gasteiger charge is -2.07. The fraction of sp³-hybridized carbons (Fsp3) is 0.833. The van der Waals surface area contributed by atoms with Gasteiger partial charge in [-0.15, -0.1) is 0 Å². The number of nitrogens with zero attached hydrogens (tertiary/aromatic N) is 2. The Morgan fingerprint density at radius 1 is 1.14 bits per heavy atom. The van der Waals surface area contributed by atoms with Gasteiger partial charge >= 0.3 is 13.3 Å². The molecule has 86 valence electrons. The Hall–Kier alpha value is -0.945. The van der Waals surface area contributed by atoms with Crippen LogP contribution >= 0.6 is 0 Å². The van der Waals surface area contributed by atoms with Crippen molar-refractivity contribution in [3.63, 3.8) is 0 Å². The molecule has 0 rings (SSSR count). The third-order valence-corrected chi connectivity index (χ3v) is 0.948. The summed E-state index contributed by atoms with van der Waals surface area (Å²) in [5.74, 6) is 0. The average Bonchev–Trinajstić information content (AvgIpc) is 1.81.